The first kappa shape index (κ1) is 45.8. The molecular formula is C78H48N2. The SMILES string of the molecule is N#Cc1ccc(-c2cc(-c3cccc(C4c5ccccc5C5(c6ccccc6-c6ccc(-c7ccccc7C#N)cc65)c5ccccc54)c3)c3c(c2)C2(c4ccccc4-3)c3ccccc3C(c3ccccc3)c3ccccc32)cc1. The third kappa shape index (κ3) is 6.22. The van der Waals surface area contributed by atoms with E-state index in [2.05, 4.69) is 261 Å². The van der Waals surface area contributed by atoms with Gasteiger partial charge in [0.1, 0.15) is 0 Å². The van der Waals surface area contributed by atoms with Gasteiger partial charge in [0.15, 0.2) is 0 Å². The summed E-state index contributed by atoms with van der Waals surface area (Å²) in [5.41, 5.74) is 29.3. The van der Waals surface area contributed by atoms with Crippen LogP contribution in [0.2, 0.25) is 0 Å². The van der Waals surface area contributed by atoms with Crippen molar-refractivity contribution in [1.29, 1.82) is 10.5 Å². The summed E-state index contributed by atoms with van der Waals surface area (Å²) >= 11 is 0. The summed E-state index contributed by atoms with van der Waals surface area (Å²) in [6.45, 7) is 0. The second kappa shape index (κ2) is 17.6. The molecule has 0 aliphatic heterocycles. The average molecular weight is 1010 g/mol. The molecule has 0 saturated heterocycles. The number of nitriles is 2. The molecule has 0 amide bonds. The van der Waals surface area contributed by atoms with Gasteiger partial charge in [0.25, 0.3) is 0 Å². The van der Waals surface area contributed by atoms with Gasteiger partial charge in [-0.3, -0.25) is 0 Å². The van der Waals surface area contributed by atoms with Gasteiger partial charge in [-0.15, -0.1) is 0 Å². The maximum Gasteiger partial charge on any atom is 0.0998 e. The highest BCUT2D eigenvalue weighted by Gasteiger charge is 2.54. The molecule has 80 heavy (non-hydrogen) atoms. The van der Waals surface area contributed by atoms with Crippen LogP contribution in [-0.4, -0.2) is 0 Å². The minimum Gasteiger partial charge on any atom is -0.192 e. The van der Waals surface area contributed by atoms with E-state index in [1.54, 1.807) is 0 Å². The molecule has 0 saturated carbocycles. The Morgan fingerprint density at radius 2 is 0.713 bits per heavy atom. The second-order valence-corrected chi connectivity index (χ2v) is 21.9. The van der Waals surface area contributed by atoms with Gasteiger partial charge in [0.05, 0.1) is 34.1 Å². The molecule has 0 aromatic heterocycles. The van der Waals surface area contributed by atoms with E-state index in [9.17, 15) is 10.5 Å². The summed E-state index contributed by atoms with van der Waals surface area (Å²) < 4.78 is 0. The normalized spacial score (nSPS) is 18.1. The first-order valence-corrected chi connectivity index (χ1v) is 27.7. The van der Waals surface area contributed by atoms with Crippen LogP contribution in [0.3, 0.4) is 0 Å². The first-order valence-electron chi connectivity index (χ1n) is 27.7. The zero-order valence-corrected chi connectivity index (χ0v) is 43.6. The largest absolute Gasteiger partial charge is 0.192 e. The van der Waals surface area contributed by atoms with Gasteiger partial charge in [-0.25, -0.2) is 0 Å². The van der Waals surface area contributed by atoms with E-state index in [0.29, 0.717) is 11.1 Å². The number of rotatable bonds is 5. The smallest absolute Gasteiger partial charge is 0.0998 e. The zero-order chi connectivity index (χ0) is 53.1. The fourth-order valence-electron chi connectivity index (χ4n) is 15.2. The van der Waals surface area contributed by atoms with Crippen molar-refractivity contribution in [3.8, 4) is 67.8 Å². The predicted octanol–water partition coefficient (Wildman–Crippen LogP) is 18.1. The summed E-state index contributed by atoms with van der Waals surface area (Å²) in [6, 6.07) is 108. The Labute approximate surface area is 466 Å². The van der Waals surface area contributed by atoms with Crippen molar-refractivity contribution >= 4 is 0 Å². The van der Waals surface area contributed by atoms with Crippen LogP contribution >= 0.6 is 0 Å². The van der Waals surface area contributed by atoms with E-state index in [1.165, 1.54) is 106 Å². The third-order valence-corrected chi connectivity index (χ3v) is 18.3. The van der Waals surface area contributed by atoms with Gasteiger partial charge in [-0.2, -0.15) is 10.5 Å². The van der Waals surface area contributed by atoms with Crippen molar-refractivity contribution in [2.45, 2.75) is 22.7 Å². The molecule has 0 heterocycles. The molecule has 370 valence electrons. The average Bonchev–Trinajstić information content (AvgIpc) is 4.20. The van der Waals surface area contributed by atoms with Crippen molar-refractivity contribution < 1.29 is 0 Å². The molecule has 0 radical (unpaired) electrons. The summed E-state index contributed by atoms with van der Waals surface area (Å²) in [7, 11) is 0. The fourth-order valence-corrected chi connectivity index (χ4v) is 15.2. The lowest BCUT2D eigenvalue weighted by atomic mass is 9.58. The van der Waals surface area contributed by atoms with E-state index < -0.39 is 10.8 Å². The molecule has 4 aliphatic carbocycles. The summed E-state index contributed by atoms with van der Waals surface area (Å²) in [4.78, 5) is 0. The van der Waals surface area contributed by atoms with Crippen LogP contribution in [0.15, 0.2) is 279 Å². The van der Waals surface area contributed by atoms with Crippen molar-refractivity contribution in [2.75, 3.05) is 0 Å². The molecule has 2 nitrogen and oxygen atoms in total. The predicted molar refractivity (Wildman–Crippen MR) is 322 cm³/mol. The standard InChI is InChI=1S/C78H48N2/c79-47-49-37-39-50(40-38-49)56-44-65(76-64-30-11-17-36-71(64)78(73(76)46-56)69-34-15-7-26-60(69)74(51-19-2-1-3-20-51)61-27-8-16-35-70(61)78)52-22-18-23-54(43-52)75-62-28-9-13-32-67(62)77(68-33-14-10-29-63(68)75)66-31-12-6-25-58(66)59-42-41-53(45-72(59)77)57-24-5-4-21-55(57)48-80/h1-46,74-75H. The summed E-state index contributed by atoms with van der Waals surface area (Å²) in [5, 5.41) is 20.3. The van der Waals surface area contributed by atoms with Gasteiger partial charge >= 0.3 is 0 Å². The number of hydrogen-bond donors (Lipinski definition) is 0. The first-order chi connectivity index (χ1) is 39.6. The molecule has 12 aromatic rings. The van der Waals surface area contributed by atoms with E-state index in [1.807, 2.05) is 30.3 Å². The van der Waals surface area contributed by atoms with Crippen molar-refractivity contribution in [3.05, 3.63) is 368 Å². The number of hydrogen-bond acceptors (Lipinski definition) is 2. The molecular weight excluding hydrogens is 965 g/mol. The molecule has 2 heteroatoms. The molecule has 0 bridgehead atoms. The second-order valence-electron chi connectivity index (χ2n) is 21.9. The third-order valence-electron chi connectivity index (χ3n) is 18.3. The minimum absolute atomic E-state index is 0.0530. The number of nitrogens with zero attached hydrogens (tertiary/aromatic N) is 2. The number of fused-ring (bicyclic) bond motifs is 18. The van der Waals surface area contributed by atoms with Crippen LogP contribution in [0.1, 0.15) is 101 Å². The molecule has 4 aliphatic rings. The van der Waals surface area contributed by atoms with E-state index in [0.717, 1.165) is 27.8 Å². The lowest BCUT2D eigenvalue weighted by Gasteiger charge is -2.43. The van der Waals surface area contributed by atoms with Crippen LogP contribution in [-0.2, 0) is 10.8 Å². The van der Waals surface area contributed by atoms with Gasteiger partial charge in [0.2, 0.25) is 0 Å². The maximum absolute atomic E-state index is 10.3. The van der Waals surface area contributed by atoms with E-state index in [-0.39, 0.29) is 11.8 Å². The molecule has 12 aromatic carbocycles. The molecule has 0 atom stereocenters. The van der Waals surface area contributed by atoms with Crippen molar-refractivity contribution in [1.82, 2.24) is 0 Å². The maximum atomic E-state index is 10.3. The van der Waals surface area contributed by atoms with Crippen LogP contribution in [0.25, 0.3) is 55.6 Å². The summed E-state index contributed by atoms with van der Waals surface area (Å²) in [5.74, 6) is -0.0377. The van der Waals surface area contributed by atoms with Crippen molar-refractivity contribution in [3.63, 3.8) is 0 Å². The monoisotopic (exact) mass is 1010 g/mol. The topological polar surface area (TPSA) is 47.6 Å². The Hall–Kier alpha value is -10.4. The molecule has 16 rings (SSSR count). The van der Waals surface area contributed by atoms with Crippen molar-refractivity contribution in [2.24, 2.45) is 0 Å². The highest BCUT2D eigenvalue weighted by molar-refractivity contribution is 5.99. The van der Waals surface area contributed by atoms with E-state index in [4.69, 9.17) is 0 Å². The van der Waals surface area contributed by atoms with Gasteiger partial charge < -0.3 is 0 Å². The van der Waals surface area contributed by atoms with Gasteiger partial charge in [-0.1, -0.05) is 243 Å². The molecule has 0 unspecified atom stereocenters. The van der Waals surface area contributed by atoms with Crippen LogP contribution in [0.5, 0.6) is 0 Å². The zero-order valence-electron chi connectivity index (χ0n) is 43.6. The quantitative estimate of drug-likeness (QED) is 0.172. The lowest BCUT2D eigenvalue weighted by Crippen LogP contribution is -2.36. The van der Waals surface area contributed by atoms with Gasteiger partial charge in [-0.05, 0) is 170 Å². The Morgan fingerprint density at radius 3 is 1.32 bits per heavy atom. The molecule has 0 N–H and O–H groups in total. The van der Waals surface area contributed by atoms with Crippen LogP contribution in [0.4, 0.5) is 0 Å². The van der Waals surface area contributed by atoms with Crippen LogP contribution in [0, 0.1) is 22.7 Å². The highest BCUT2D eigenvalue weighted by atomic mass is 14.6. The Bertz CT molecular complexity index is 4550. The van der Waals surface area contributed by atoms with Crippen LogP contribution < -0.4 is 0 Å². The Balaban J connectivity index is 0.941. The van der Waals surface area contributed by atoms with Gasteiger partial charge in [0, 0.05) is 11.8 Å². The molecule has 0 fully saturated rings. The lowest BCUT2D eigenvalue weighted by molar-refractivity contribution is 0.697. The minimum atomic E-state index is -0.640. The van der Waals surface area contributed by atoms with E-state index >= 15 is 0 Å². The Morgan fingerprint density at radius 1 is 0.263 bits per heavy atom. The molecule has 2 spiro atoms. The number of benzene rings is 12. The highest BCUT2D eigenvalue weighted by Crippen LogP contribution is 2.65. The summed E-state index contributed by atoms with van der Waals surface area (Å²) in [6.07, 6.45) is 0. The Kier molecular flexibility index (Phi) is 10.1. The fraction of sp³-hybridized carbons (Fsp3) is 0.0513.